The van der Waals surface area contributed by atoms with Crippen LogP contribution >= 0.6 is 0 Å². The molecule has 0 aromatic heterocycles. The number of carbonyl (C=O) groups excluding carboxylic acids is 1. The van der Waals surface area contributed by atoms with Crippen molar-refractivity contribution in [3.63, 3.8) is 0 Å². The highest BCUT2D eigenvalue weighted by atomic mass is 19.1. The summed E-state index contributed by atoms with van der Waals surface area (Å²) in [4.78, 5) is 14.4. The molecule has 2 fully saturated rings. The van der Waals surface area contributed by atoms with Crippen LogP contribution in [0, 0.1) is 5.82 Å². The Morgan fingerprint density at radius 3 is 3.22 bits per heavy atom. The molecular weight excluding hydrogens is 299 g/mol. The van der Waals surface area contributed by atoms with Gasteiger partial charge in [0, 0.05) is 19.1 Å². The maximum Gasteiger partial charge on any atom is 0.223 e. The standard InChI is InChI=1S/C17H23FN2O3/c18-13-4-1-3-12(7-13)16(21)8-17(22)19-9-15-10-20-6-2-5-14(20)11-23-15/h1,3-4,7,14-16,21H,2,5-6,8-11H2,(H,19,22). The van der Waals surface area contributed by atoms with E-state index >= 15 is 0 Å². The molecule has 3 atom stereocenters. The van der Waals surface area contributed by atoms with E-state index < -0.39 is 11.9 Å². The van der Waals surface area contributed by atoms with Crippen LogP contribution in [-0.4, -0.2) is 54.3 Å². The molecule has 2 aliphatic heterocycles. The van der Waals surface area contributed by atoms with Crippen molar-refractivity contribution in [1.29, 1.82) is 0 Å². The molecule has 2 aliphatic rings. The highest BCUT2D eigenvalue weighted by molar-refractivity contribution is 5.76. The van der Waals surface area contributed by atoms with Crippen LogP contribution in [0.15, 0.2) is 24.3 Å². The minimum absolute atomic E-state index is 0.000359. The van der Waals surface area contributed by atoms with Crippen molar-refractivity contribution in [2.45, 2.75) is 37.5 Å². The zero-order valence-corrected chi connectivity index (χ0v) is 13.1. The molecule has 0 spiro atoms. The van der Waals surface area contributed by atoms with Crippen molar-refractivity contribution >= 4 is 5.91 Å². The Kier molecular flexibility index (Phi) is 5.25. The second kappa shape index (κ2) is 7.38. The number of aliphatic hydroxyl groups excluding tert-OH is 1. The van der Waals surface area contributed by atoms with Crippen molar-refractivity contribution < 1.29 is 19.0 Å². The fraction of sp³-hybridized carbons (Fsp3) is 0.588. The Balaban J connectivity index is 1.42. The maximum absolute atomic E-state index is 13.1. The third-order valence-electron chi connectivity index (χ3n) is 4.60. The van der Waals surface area contributed by atoms with Crippen molar-refractivity contribution in [3.8, 4) is 0 Å². The predicted octanol–water partition coefficient (Wildman–Crippen LogP) is 1.23. The first-order valence-electron chi connectivity index (χ1n) is 8.17. The van der Waals surface area contributed by atoms with Gasteiger partial charge in [-0.15, -0.1) is 0 Å². The highest BCUT2D eigenvalue weighted by Crippen LogP contribution is 2.22. The van der Waals surface area contributed by atoms with E-state index in [1.807, 2.05) is 0 Å². The largest absolute Gasteiger partial charge is 0.388 e. The summed E-state index contributed by atoms with van der Waals surface area (Å²) in [6.45, 7) is 3.12. The van der Waals surface area contributed by atoms with Gasteiger partial charge in [0.05, 0.1) is 25.2 Å². The van der Waals surface area contributed by atoms with E-state index in [2.05, 4.69) is 10.2 Å². The number of nitrogens with one attached hydrogen (secondary N) is 1. The second-order valence-corrected chi connectivity index (χ2v) is 6.33. The van der Waals surface area contributed by atoms with E-state index in [1.54, 1.807) is 6.07 Å². The van der Waals surface area contributed by atoms with Gasteiger partial charge in [-0.1, -0.05) is 12.1 Å². The number of benzene rings is 1. The SMILES string of the molecule is O=C(CC(O)c1cccc(F)c1)NCC1CN2CCCC2CO1. The number of halogens is 1. The molecule has 0 saturated carbocycles. The van der Waals surface area contributed by atoms with Gasteiger partial charge < -0.3 is 15.2 Å². The molecule has 1 amide bonds. The van der Waals surface area contributed by atoms with Gasteiger partial charge in [0.25, 0.3) is 0 Å². The third-order valence-corrected chi connectivity index (χ3v) is 4.60. The molecule has 2 N–H and O–H groups in total. The lowest BCUT2D eigenvalue weighted by Gasteiger charge is -2.35. The lowest BCUT2D eigenvalue weighted by Crippen LogP contribution is -2.50. The molecule has 3 rings (SSSR count). The molecule has 0 aliphatic carbocycles. The first kappa shape index (κ1) is 16.4. The van der Waals surface area contributed by atoms with Crippen molar-refractivity contribution in [2.24, 2.45) is 0 Å². The maximum atomic E-state index is 13.1. The highest BCUT2D eigenvalue weighted by Gasteiger charge is 2.32. The summed E-state index contributed by atoms with van der Waals surface area (Å²) < 4.78 is 18.9. The molecule has 0 bridgehead atoms. The Bertz CT molecular complexity index is 554. The molecule has 0 radical (unpaired) electrons. The predicted molar refractivity (Wildman–Crippen MR) is 83.3 cm³/mol. The summed E-state index contributed by atoms with van der Waals surface area (Å²) in [5, 5.41) is 12.8. The van der Waals surface area contributed by atoms with E-state index in [1.165, 1.54) is 31.0 Å². The van der Waals surface area contributed by atoms with E-state index in [9.17, 15) is 14.3 Å². The summed E-state index contributed by atoms with van der Waals surface area (Å²) in [6, 6.07) is 6.22. The fourth-order valence-corrected chi connectivity index (χ4v) is 3.32. The lowest BCUT2D eigenvalue weighted by molar-refractivity contribution is -0.124. The van der Waals surface area contributed by atoms with Crippen molar-refractivity contribution in [2.75, 3.05) is 26.2 Å². The summed E-state index contributed by atoms with van der Waals surface area (Å²) in [5.74, 6) is -0.674. The Hall–Kier alpha value is -1.50. The summed E-state index contributed by atoms with van der Waals surface area (Å²) >= 11 is 0. The summed E-state index contributed by atoms with van der Waals surface area (Å²) in [7, 11) is 0. The fourth-order valence-electron chi connectivity index (χ4n) is 3.32. The lowest BCUT2D eigenvalue weighted by atomic mass is 10.1. The summed E-state index contributed by atoms with van der Waals surface area (Å²) in [6.07, 6.45) is 1.33. The molecule has 6 heteroatoms. The Morgan fingerprint density at radius 1 is 1.52 bits per heavy atom. The van der Waals surface area contributed by atoms with Gasteiger partial charge in [0.2, 0.25) is 5.91 Å². The quantitative estimate of drug-likeness (QED) is 0.856. The van der Waals surface area contributed by atoms with Gasteiger partial charge in [-0.3, -0.25) is 9.69 Å². The van der Waals surface area contributed by atoms with Crippen LogP contribution in [0.25, 0.3) is 0 Å². The number of fused-ring (bicyclic) bond motifs is 1. The van der Waals surface area contributed by atoms with Crippen LogP contribution in [0.4, 0.5) is 4.39 Å². The average Bonchev–Trinajstić information content (AvgIpc) is 3.00. The monoisotopic (exact) mass is 322 g/mol. The number of rotatable bonds is 5. The third kappa shape index (κ3) is 4.28. The van der Waals surface area contributed by atoms with Crippen LogP contribution in [0.1, 0.15) is 30.9 Å². The minimum atomic E-state index is -0.999. The molecule has 1 aromatic rings. The molecule has 126 valence electrons. The van der Waals surface area contributed by atoms with Crippen molar-refractivity contribution in [3.05, 3.63) is 35.6 Å². The number of aliphatic hydroxyl groups is 1. The zero-order chi connectivity index (χ0) is 16.2. The van der Waals surface area contributed by atoms with Gasteiger partial charge in [0.1, 0.15) is 5.82 Å². The van der Waals surface area contributed by atoms with E-state index in [0.717, 1.165) is 19.7 Å². The number of hydrogen-bond acceptors (Lipinski definition) is 4. The molecule has 2 heterocycles. The van der Waals surface area contributed by atoms with Crippen molar-refractivity contribution in [1.82, 2.24) is 10.2 Å². The first-order valence-corrected chi connectivity index (χ1v) is 8.17. The molecule has 5 nitrogen and oxygen atoms in total. The molecular formula is C17H23FN2O3. The number of hydrogen-bond donors (Lipinski definition) is 2. The Labute approximate surface area is 135 Å². The van der Waals surface area contributed by atoms with Crippen LogP contribution in [0.2, 0.25) is 0 Å². The van der Waals surface area contributed by atoms with Crippen LogP contribution < -0.4 is 5.32 Å². The summed E-state index contributed by atoms with van der Waals surface area (Å²) in [5.41, 5.74) is 0.411. The Morgan fingerprint density at radius 2 is 2.39 bits per heavy atom. The number of ether oxygens (including phenoxy) is 1. The van der Waals surface area contributed by atoms with E-state index in [4.69, 9.17) is 4.74 Å². The minimum Gasteiger partial charge on any atom is -0.388 e. The average molecular weight is 322 g/mol. The van der Waals surface area contributed by atoms with Gasteiger partial charge in [-0.25, -0.2) is 4.39 Å². The molecule has 2 saturated heterocycles. The van der Waals surface area contributed by atoms with E-state index in [-0.39, 0.29) is 18.4 Å². The number of morpholine rings is 1. The van der Waals surface area contributed by atoms with Gasteiger partial charge in [-0.05, 0) is 37.1 Å². The van der Waals surface area contributed by atoms with Crippen LogP contribution in [0.5, 0.6) is 0 Å². The molecule has 1 aromatic carbocycles. The number of amides is 1. The van der Waals surface area contributed by atoms with Gasteiger partial charge >= 0.3 is 0 Å². The second-order valence-electron chi connectivity index (χ2n) is 6.33. The number of carbonyl (C=O) groups is 1. The smallest absolute Gasteiger partial charge is 0.223 e. The topological polar surface area (TPSA) is 61.8 Å². The zero-order valence-electron chi connectivity index (χ0n) is 13.1. The van der Waals surface area contributed by atoms with E-state index in [0.29, 0.717) is 18.2 Å². The normalized spacial score (nSPS) is 25.8. The molecule has 23 heavy (non-hydrogen) atoms. The van der Waals surface area contributed by atoms with Crippen LogP contribution in [-0.2, 0) is 9.53 Å². The van der Waals surface area contributed by atoms with Crippen LogP contribution in [0.3, 0.4) is 0 Å². The van der Waals surface area contributed by atoms with Gasteiger partial charge in [0.15, 0.2) is 0 Å². The molecule has 3 unspecified atom stereocenters. The van der Waals surface area contributed by atoms with Gasteiger partial charge in [-0.2, -0.15) is 0 Å². The number of nitrogens with zero attached hydrogens (tertiary/aromatic N) is 1. The first-order chi connectivity index (χ1) is 11.1.